The third-order valence-corrected chi connectivity index (χ3v) is 21.5. The Hall–Kier alpha value is -15.8. The molecule has 0 spiro atoms. The summed E-state index contributed by atoms with van der Waals surface area (Å²) in [5.41, 5.74) is 28.5. The number of H-pyrrole nitrogens is 2. The number of aromatic nitrogens is 3. The number of fused-ring (bicyclic) bond motifs is 1. The first kappa shape index (κ1) is 119. The number of hydrogen-bond donors (Lipinski definition) is 33. The van der Waals surface area contributed by atoms with Gasteiger partial charge in [0.15, 0.2) is 11.9 Å². The van der Waals surface area contributed by atoms with Crippen molar-refractivity contribution in [3.8, 4) is 0 Å². The second-order valence-electron chi connectivity index (χ2n) is 34.1. The molecule has 0 aliphatic carbocycles. The maximum atomic E-state index is 14.7. The number of aliphatic carboxylic acids is 4. The Morgan fingerprint density at radius 1 is 0.437 bits per heavy atom. The molecule has 142 heavy (non-hydrogen) atoms. The van der Waals surface area contributed by atoms with E-state index >= 15 is 0 Å². The Morgan fingerprint density at radius 2 is 0.866 bits per heavy atom. The van der Waals surface area contributed by atoms with Gasteiger partial charge < -0.3 is 170 Å². The number of carbonyl (C=O) groups excluding carboxylic acids is 19. The molecule has 0 saturated carbocycles. The Kier molecular flexibility index (Phi) is 49.6. The van der Waals surface area contributed by atoms with E-state index in [9.17, 15) is 141 Å². The summed E-state index contributed by atoms with van der Waals surface area (Å²) in [7, 11) is 0. The minimum absolute atomic E-state index is 0.00757. The number of primary amides is 2. The number of aliphatic hydroxyl groups excluding tert-OH is 2. The number of rotatable bonds is 64. The fraction of sp³-hybridized carbons (Fsp3) is 0.571. The Labute approximate surface area is 811 Å². The lowest BCUT2D eigenvalue weighted by molar-refractivity contribution is -0.143. The zero-order valence-electron chi connectivity index (χ0n) is 78.8. The van der Waals surface area contributed by atoms with E-state index in [0.29, 0.717) is 22.2 Å². The lowest BCUT2D eigenvalue weighted by Gasteiger charge is -2.30. The number of carboxylic acids is 4. The van der Waals surface area contributed by atoms with Gasteiger partial charge in [-0.05, 0) is 102 Å². The maximum Gasteiger partial charge on any atom is 0.326 e. The van der Waals surface area contributed by atoms with Crippen molar-refractivity contribution in [3.63, 3.8) is 0 Å². The van der Waals surface area contributed by atoms with Crippen LogP contribution in [0.25, 0.3) is 10.9 Å². The summed E-state index contributed by atoms with van der Waals surface area (Å²) >= 11 is 0. The molecule has 3 aromatic rings. The fourth-order valence-electron chi connectivity index (χ4n) is 14.2. The zero-order valence-corrected chi connectivity index (χ0v) is 78.8. The van der Waals surface area contributed by atoms with Crippen LogP contribution >= 0.6 is 0 Å². The minimum Gasteiger partial charge on any atom is -0.481 e. The molecule has 19 amide bonds. The molecular formula is C84H129N29O29. The van der Waals surface area contributed by atoms with Crippen molar-refractivity contribution in [2.24, 2.45) is 40.5 Å². The lowest BCUT2D eigenvalue weighted by atomic mass is 10.00. The summed E-state index contributed by atoms with van der Waals surface area (Å²) in [4.78, 5) is 319. The molecule has 58 nitrogen and oxygen atoms in total. The van der Waals surface area contributed by atoms with Gasteiger partial charge in [-0.25, -0.2) is 9.78 Å². The Balaban J connectivity index is 1.47. The average molecular weight is 2010 g/mol. The molecule has 1 fully saturated rings. The van der Waals surface area contributed by atoms with Crippen LogP contribution in [0.15, 0.2) is 43.0 Å². The quantitative estimate of drug-likeness (QED) is 0.0142. The number of likely N-dealkylation sites (tertiary alicyclic amines) is 1. The van der Waals surface area contributed by atoms with Crippen molar-refractivity contribution in [2.45, 2.75) is 247 Å². The van der Waals surface area contributed by atoms with Crippen LogP contribution in [0.2, 0.25) is 0 Å². The van der Waals surface area contributed by atoms with E-state index in [-0.39, 0.29) is 96.7 Å². The number of guanidine groups is 2. The van der Waals surface area contributed by atoms with Gasteiger partial charge in [-0.2, -0.15) is 0 Å². The number of benzene rings is 1. The van der Waals surface area contributed by atoms with E-state index in [1.807, 2.05) is 10.6 Å². The number of nitrogens with two attached hydrogens (primary N) is 5. The van der Waals surface area contributed by atoms with Gasteiger partial charge in [0.1, 0.15) is 90.6 Å². The molecule has 1 aromatic carbocycles. The monoisotopic (exact) mass is 2010 g/mol. The highest BCUT2D eigenvalue weighted by Crippen LogP contribution is 2.23. The van der Waals surface area contributed by atoms with E-state index in [1.54, 1.807) is 52.0 Å². The van der Waals surface area contributed by atoms with Crippen LogP contribution in [0.4, 0.5) is 0 Å². The predicted molar refractivity (Wildman–Crippen MR) is 494 cm³/mol. The van der Waals surface area contributed by atoms with Crippen LogP contribution in [-0.2, 0) is 123 Å². The summed E-state index contributed by atoms with van der Waals surface area (Å²) in [5.74, 6) is -29.6. The molecule has 16 atom stereocenters. The maximum absolute atomic E-state index is 14.7. The second kappa shape index (κ2) is 59.5. The van der Waals surface area contributed by atoms with Crippen molar-refractivity contribution >= 4 is 159 Å². The molecule has 38 N–H and O–H groups in total. The van der Waals surface area contributed by atoms with E-state index in [4.69, 9.17) is 39.5 Å². The lowest BCUT2D eigenvalue weighted by Crippen LogP contribution is -2.61. The molecule has 0 unspecified atom stereocenters. The predicted octanol–water partition coefficient (Wildman–Crippen LogP) is -12.3. The van der Waals surface area contributed by atoms with Crippen LogP contribution in [0, 0.1) is 22.7 Å². The van der Waals surface area contributed by atoms with Gasteiger partial charge in [-0.1, -0.05) is 45.9 Å². The van der Waals surface area contributed by atoms with Gasteiger partial charge in [-0.15, -0.1) is 0 Å². The number of nitrogens with zero attached hydrogens (tertiary/aromatic N) is 2. The number of amides is 19. The number of imidazole rings is 1. The molecule has 1 aliphatic rings. The summed E-state index contributed by atoms with van der Waals surface area (Å²) in [6, 6.07) is -20.3. The van der Waals surface area contributed by atoms with Crippen LogP contribution in [0.5, 0.6) is 0 Å². The first-order valence-corrected chi connectivity index (χ1v) is 45.0. The molecule has 3 heterocycles. The van der Waals surface area contributed by atoms with Crippen molar-refractivity contribution in [1.29, 1.82) is 10.8 Å². The molecule has 58 heteroatoms. The number of nitrogens with one attached hydrogen (secondary N) is 22. The summed E-state index contributed by atoms with van der Waals surface area (Å²) in [6.45, 7) is 4.23. The largest absolute Gasteiger partial charge is 0.481 e. The van der Waals surface area contributed by atoms with E-state index in [1.165, 1.54) is 25.6 Å². The zero-order chi connectivity index (χ0) is 106. The molecule has 784 valence electrons. The molecule has 4 rings (SSSR count). The highest BCUT2D eigenvalue weighted by Gasteiger charge is 2.42. The summed E-state index contributed by atoms with van der Waals surface area (Å²) in [5, 5.41) is 117. The van der Waals surface area contributed by atoms with Gasteiger partial charge in [0.25, 0.3) is 0 Å². The first-order chi connectivity index (χ1) is 66.8. The molecule has 1 saturated heterocycles. The average Bonchev–Trinajstić information content (AvgIpc) is 1.68. The van der Waals surface area contributed by atoms with E-state index < -0.39 is 315 Å². The van der Waals surface area contributed by atoms with Crippen LogP contribution in [-0.4, -0.2) is 341 Å². The van der Waals surface area contributed by atoms with E-state index in [0.717, 1.165) is 11.8 Å². The van der Waals surface area contributed by atoms with Crippen LogP contribution in [0.1, 0.15) is 149 Å². The molecule has 1 aliphatic heterocycles. The first-order valence-electron chi connectivity index (χ1n) is 45.0. The highest BCUT2D eigenvalue weighted by atomic mass is 16.4. The van der Waals surface area contributed by atoms with Crippen molar-refractivity contribution < 1.29 is 141 Å². The van der Waals surface area contributed by atoms with Gasteiger partial charge in [0.2, 0.25) is 112 Å². The Morgan fingerprint density at radius 3 is 1.37 bits per heavy atom. The van der Waals surface area contributed by atoms with Crippen molar-refractivity contribution in [2.75, 3.05) is 45.9 Å². The summed E-state index contributed by atoms with van der Waals surface area (Å²) < 4.78 is 0. The van der Waals surface area contributed by atoms with Gasteiger partial charge in [0, 0.05) is 74.3 Å². The SMILES string of the molecule is CC(C)C[C@H](NC(=O)[C@H](CO)NC(=O)[C@H](CO)NC(=O)[C@H](C)NC(=O)[C@@H](N)CCC(N)=O)C(=O)N[C@@H](CCCNC(=N)N)C(=O)N[C@@H](CC(C)C)C(=O)N[C@@H](CCC(=O)O)C(=O)N1CCC[C@H]1C(=O)NCC(=O)N[C@@H](CCCNC(=N)N)C(=O)N[C@@H](C)C(=O)N[C@@H](CC(N)=O)C(=O)N[C@@H](CC(=O)O)C(=O)NCC(=O)N[C@@H](CC(=O)O)C(=O)N[C@@H](Cc1c[nH]c2ccccc12)C(=O)N[C@@H](Cc1cnc[nH]1)C(=O)O. The third-order valence-electron chi connectivity index (χ3n) is 21.5. The molecular weight excluding hydrogens is 1880 g/mol. The molecule has 0 radical (unpaired) electrons. The number of carbonyl (C=O) groups is 23. The van der Waals surface area contributed by atoms with Crippen LogP contribution < -0.4 is 124 Å². The number of hydrogen-bond acceptors (Lipinski definition) is 29. The second-order valence-corrected chi connectivity index (χ2v) is 34.1. The van der Waals surface area contributed by atoms with Crippen molar-refractivity contribution in [3.05, 3.63) is 54.2 Å². The van der Waals surface area contributed by atoms with Gasteiger partial charge in [-0.3, -0.25) is 116 Å². The topological polar surface area (TPSA) is 956 Å². The normalized spacial score (nSPS) is 15.3. The summed E-state index contributed by atoms with van der Waals surface area (Å²) in [6.07, 6.45) is -2.73. The van der Waals surface area contributed by atoms with E-state index in [2.05, 4.69) is 100 Å². The molecule has 0 bridgehead atoms. The highest BCUT2D eigenvalue weighted by molar-refractivity contribution is 6.03. The number of carboxylic acid groups (broad SMARTS) is 4. The number of aromatic amines is 2. The standard InChI is InChI=1S/C84H129N29O29/c1-38(2)24-50(107-78(137)58(36-115)112-79(138)57(35-114)111-68(127)40(5)99-69(128)45(85)17-19-60(86)116)73(132)103-48(15-10-22-94-84(90)91)72(131)106-51(25-39(3)4)74(133)104-49(18-20-64(120)121)81(140)113-23-11-16-59(113)80(139)97-34-62(118)101-47(14-9-21-93-83(88)89)71(130)100-41(6)67(126)105-53(28-61(87)117)76(135)109-54(29-65(122)123)70(129)96-33-63(119)102-55(30-66(124)125)77(136)108-52(26-42-31-95-46-13-8-7-12-44(42)46)75(134)110-56(82(141)142)27-43-32-92-37-98-43/h7-8,12-13,31-32,37-41,45,47-59,95,114-115H,9-11,14-30,33-36,85H2,1-6H3,(H2,86,116)(H2,87,117)(H,92,98)(H,96,129)(H,97,139)(H,99,128)(H,100,130)(H,101,118)(H,102,119)(H,103,132)(H,104,133)(H,105,126)(H,106,131)(H,107,137)(H,108,136)(H,109,135)(H,110,134)(H,111,127)(H,112,138)(H,120,121)(H,122,123)(H,124,125)(H,141,142)(H4,88,89,93)(H4,90,91,94)/t40-,41-,45-,47-,48-,49-,50-,51-,52-,53-,54-,55-,56-,57-,58-,59-/m0/s1. The fourth-order valence-corrected chi connectivity index (χ4v) is 14.2. The minimum atomic E-state index is -2.16. The van der Waals surface area contributed by atoms with Gasteiger partial charge in [0.05, 0.1) is 57.9 Å². The molecule has 2 aromatic heterocycles. The van der Waals surface area contributed by atoms with Crippen molar-refractivity contribution in [1.82, 2.24) is 116 Å². The Bertz CT molecular complexity index is 5000. The van der Waals surface area contributed by atoms with Gasteiger partial charge >= 0.3 is 23.9 Å². The number of para-hydroxylation sites is 1. The van der Waals surface area contributed by atoms with Crippen LogP contribution in [0.3, 0.4) is 0 Å². The smallest absolute Gasteiger partial charge is 0.326 e. The number of aliphatic hydroxyl groups is 2. The third kappa shape index (κ3) is 42.3.